The number of nitrogens with two attached hydrogens (primary N) is 1. The van der Waals surface area contributed by atoms with Crippen LogP contribution in [-0.2, 0) is 0 Å². The Bertz CT molecular complexity index is 655. The smallest absolute Gasteiger partial charge is 0.251 e. The van der Waals surface area contributed by atoms with Crippen molar-refractivity contribution < 1.29 is 0 Å². The van der Waals surface area contributed by atoms with Gasteiger partial charge in [-0.2, -0.15) is 0 Å². The third kappa shape index (κ3) is 2.80. The summed E-state index contributed by atoms with van der Waals surface area (Å²) in [7, 11) is 0. The zero-order valence-corrected chi connectivity index (χ0v) is 11.5. The Morgan fingerprint density at radius 1 is 1.44 bits per heavy atom. The van der Waals surface area contributed by atoms with Gasteiger partial charge in [-0.25, -0.2) is 4.98 Å². The van der Waals surface area contributed by atoms with E-state index in [2.05, 4.69) is 25.9 Å². The molecule has 0 radical (unpaired) electrons. The molecule has 1 heterocycles. The molecule has 7 heteroatoms. The Morgan fingerprint density at radius 3 is 2.89 bits per heavy atom. The molecule has 0 aliphatic carbocycles. The van der Waals surface area contributed by atoms with Gasteiger partial charge in [-0.1, -0.05) is 17.8 Å². The van der Waals surface area contributed by atoms with E-state index in [1.807, 2.05) is 18.2 Å². The second-order valence-electron chi connectivity index (χ2n) is 3.37. The summed E-state index contributed by atoms with van der Waals surface area (Å²) in [5.41, 5.74) is 5.92. The minimum absolute atomic E-state index is 0.0387. The van der Waals surface area contributed by atoms with E-state index < -0.39 is 0 Å². The van der Waals surface area contributed by atoms with Crippen molar-refractivity contribution in [3.63, 3.8) is 0 Å². The number of H-pyrrole nitrogens is 1. The van der Waals surface area contributed by atoms with Crippen molar-refractivity contribution >= 4 is 33.5 Å². The van der Waals surface area contributed by atoms with Crippen LogP contribution in [0.5, 0.6) is 0 Å². The predicted octanol–water partition coefficient (Wildman–Crippen LogP) is 1.97. The summed E-state index contributed by atoms with van der Waals surface area (Å²) in [5, 5.41) is 8.03. The van der Waals surface area contributed by atoms with E-state index >= 15 is 0 Å². The number of hydrogen-bond acceptors (Lipinski definition) is 4. The van der Waals surface area contributed by atoms with Gasteiger partial charge in [0.25, 0.3) is 5.56 Å². The molecule has 2 aromatic rings. The van der Waals surface area contributed by atoms with Crippen LogP contribution in [0.2, 0.25) is 0 Å². The van der Waals surface area contributed by atoms with Gasteiger partial charge in [0, 0.05) is 27.2 Å². The normalized spacial score (nSPS) is 10.3. The second kappa shape index (κ2) is 5.36. The van der Waals surface area contributed by atoms with Crippen LogP contribution in [0.25, 0.3) is 0 Å². The average Bonchev–Trinajstić information content (AvgIpc) is 2.28. The highest BCUT2D eigenvalue weighted by molar-refractivity contribution is 9.10. The molecule has 1 aromatic heterocycles. The maximum Gasteiger partial charge on any atom is 0.251 e. The maximum absolute atomic E-state index is 11.2. The first-order valence-electron chi connectivity index (χ1n) is 4.94. The molecular formula is C11H9BrN4OS. The summed E-state index contributed by atoms with van der Waals surface area (Å²) >= 11 is 4.60. The van der Waals surface area contributed by atoms with E-state index in [4.69, 9.17) is 11.1 Å². The predicted molar refractivity (Wildman–Crippen MR) is 74.1 cm³/mol. The number of aromatic amines is 1. The molecule has 0 unspecified atom stereocenters. The van der Waals surface area contributed by atoms with Crippen molar-refractivity contribution in [2.45, 2.75) is 10.1 Å². The first kappa shape index (κ1) is 12.8. The van der Waals surface area contributed by atoms with E-state index in [9.17, 15) is 4.79 Å². The third-order valence-electron chi connectivity index (χ3n) is 2.10. The molecule has 0 aliphatic rings. The molecule has 1 aromatic carbocycles. The number of hydrogen-bond donors (Lipinski definition) is 3. The fraction of sp³-hybridized carbons (Fsp3) is 0. The summed E-state index contributed by atoms with van der Waals surface area (Å²) in [4.78, 5) is 18.6. The molecule has 0 fully saturated rings. The van der Waals surface area contributed by atoms with Crippen molar-refractivity contribution in [2.75, 3.05) is 0 Å². The van der Waals surface area contributed by atoms with Crippen molar-refractivity contribution in [3.8, 4) is 0 Å². The Labute approximate surface area is 115 Å². The lowest BCUT2D eigenvalue weighted by Gasteiger charge is -2.08. The molecule has 18 heavy (non-hydrogen) atoms. The molecular weight excluding hydrogens is 316 g/mol. The lowest BCUT2D eigenvalue weighted by Crippen LogP contribution is -2.13. The molecule has 0 saturated heterocycles. The van der Waals surface area contributed by atoms with Gasteiger partial charge in [0.15, 0.2) is 5.16 Å². The van der Waals surface area contributed by atoms with Crippen LogP contribution < -0.4 is 11.3 Å². The maximum atomic E-state index is 11.2. The van der Waals surface area contributed by atoms with Gasteiger partial charge in [0.2, 0.25) is 0 Å². The zero-order chi connectivity index (χ0) is 13.1. The Kier molecular flexibility index (Phi) is 3.83. The number of aromatic nitrogens is 2. The minimum atomic E-state index is -0.216. The Balaban J connectivity index is 2.43. The van der Waals surface area contributed by atoms with Gasteiger partial charge in [-0.3, -0.25) is 10.2 Å². The largest absolute Gasteiger partial charge is 0.384 e. The summed E-state index contributed by atoms with van der Waals surface area (Å²) in [6.07, 6.45) is 1.44. The minimum Gasteiger partial charge on any atom is -0.384 e. The molecule has 4 N–H and O–H groups in total. The van der Waals surface area contributed by atoms with Gasteiger partial charge in [0.05, 0.1) is 0 Å². The molecule has 0 saturated carbocycles. The lowest BCUT2D eigenvalue weighted by atomic mass is 10.2. The number of halogens is 1. The lowest BCUT2D eigenvalue weighted by molar-refractivity contribution is 0.936. The summed E-state index contributed by atoms with van der Waals surface area (Å²) in [5.74, 6) is -0.0387. The highest BCUT2D eigenvalue weighted by Gasteiger charge is 2.11. The number of benzene rings is 1. The second-order valence-corrected chi connectivity index (χ2v) is 5.25. The van der Waals surface area contributed by atoms with Crippen LogP contribution in [0, 0.1) is 5.41 Å². The van der Waals surface area contributed by atoms with Crippen LogP contribution in [0.3, 0.4) is 0 Å². The van der Waals surface area contributed by atoms with E-state index in [0.29, 0.717) is 10.7 Å². The molecule has 92 valence electrons. The van der Waals surface area contributed by atoms with E-state index in [0.717, 1.165) is 9.37 Å². The molecule has 0 amide bonds. The van der Waals surface area contributed by atoms with Crippen LogP contribution in [0.4, 0.5) is 0 Å². The summed E-state index contributed by atoms with van der Waals surface area (Å²) in [6.45, 7) is 0. The van der Waals surface area contributed by atoms with Gasteiger partial charge in [0.1, 0.15) is 5.84 Å². The summed E-state index contributed by atoms with van der Waals surface area (Å²) < 4.78 is 0.735. The highest BCUT2D eigenvalue weighted by Crippen LogP contribution is 2.31. The SMILES string of the molecule is N=C(N)c1c(Br)cccc1Sc1nccc(=O)[nH]1. The van der Waals surface area contributed by atoms with E-state index in [1.165, 1.54) is 24.0 Å². The number of amidine groups is 1. The van der Waals surface area contributed by atoms with E-state index in [-0.39, 0.29) is 11.4 Å². The van der Waals surface area contributed by atoms with Gasteiger partial charge < -0.3 is 10.7 Å². The molecule has 2 rings (SSSR count). The molecule has 0 spiro atoms. The van der Waals surface area contributed by atoms with Gasteiger partial charge >= 0.3 is 0 Å². The first-order valence-corrected chi connectivity index (χ1v) is 6.55. The van der Waals surface area contributed by atoms with Crippen LogP contribution in [0.1, 0.15) is 5.56 Å². The van der Waals surface area contributed by atoms with Crippen LogP contribution >= 0.6 is 27.7 Å². The van der Waals surface area contributed by atoms with Crippen molar-refractivity contribution in [1.82, 2.24) is 9.97 Å². The molecule has 0 aliphatic heterocycles. The standard InChI is InChI=1S/C11H9BrN4OS/c12-6-2-1-3-7(9(6)10(13)14)18-11-15-5-4-8(17)16-11/h1-5H,(H3,13,14)(H,15,16,17). The van der Waals surface area contributed by atoms with Crippen LogP contribution in [-0.4, -0.2) is 15.8 Å². The van der Waals surface area contributed by atoms with Gasteiger partial charge in [-0.05, 0) is 28.1 Å². The van der Waals surface area contributed by atoms with E-state index in [1.54, 1.807) is 0 Å². The zero-order valence-electron chi connectivity index (χ0n) is 9.11. The Morgan fingerprint density at radius 2 is 2.22 bits per heavy atom. The first-order chi connectivity index (χ1) is 8.58. The molecule has 0 bridgehead atoms. The monoisotopic (exact) mass is 324 g/mol. The fourth-order valence-corrected chi connectivity index (χ4v) is 3.01. The van der Waals surface area contributed by atoms with Crippen LogP contribution in [0.15, 0.2) is 49.8 Å². The number of nitrogens with one attached hydrogen (secondary N) is 2. The molecule has 5 nitrogen and oxygen atoms in total. The number of nitrogen functional groups attached to an aromatic ring is 1. The number of rotatable bonds is 3. The number of nitrogens with zero attached hydrogens (tertiary/aromatic N) is 1. The highest BCUT2D eigenvalue weighted by atomic mass is 79.9. The van der Waals surface area contributed by atoms with Crippen molar-refractivity contribution in [2.24, 2.45) is 5.73 Å². The van der Waals surface area contributed by atoms with Gasteiger partial charge in [-0.15, -0.1) is 0 Å². The summed E-state index contributed by atoms with van der Waals surface area (Å²) in [6, 6.07) is 6.80. The average molecular weight is 325 g/mol. The third-order valence-corrected chi connectivity index (χ3v) is 3.72. The molecule has 0 atom stereocenters. The van der Waals surface area contributed by atoms with Crippen molar-refractivity contribution in [1.29, 1.82) is 5.41 Å². The fourth-order valence-electron chi connectivity index (χ4n) is 1.36. The Hall–Kier alpha value is -1.60. The topological polar surface area (TPSA) is 95.6 Å². The van der Waals surface area contributed by atoms with Crippen molar-refractivity contribution in [3.05, 3.63) is 50.9 Å². The quantitative estimate of drug-likeness (QED) is 0.457.